The molecule has 16 heteroatoms. The molecular formula is C44H53N7O8S. The van der Waals surface area contributed by atoms with E-state index >= 15 is 0 Å². The third-order valence-corrected chi connectivity index (χ3v) is 10.9. The number of sulfonamides is 1. The Morgan fingerprint density at radius 1 is 0.983 bits per heavy atom. The number of nitrogens with zero attached hydrogens (tertiary/aromatic N) is 2. The Hall–Kier alpha value is -6.10. The Morgan fingerprint density at radius 3 is 2.43 bits per heavy atom. The van der Waals surface area contributed by atoms with Crippen LogP contribution in [0.1, 0.15) is 62.9 Å². The van der Waals surface area contributed by atoms with Crippen molar-refractivity contribution in [2.24, 2.45) is 11.7 Å². The zero-order valence-corrected chi connectivity index (χ0v) is 35.7. The first kappa shape index (κ1) is 43.5. The maximum absolute atomic E-state index is 13.5. The number of anilines is 5. The molecule has 6 N–H and O–H groups in total. The summed E-state index contributed by atoms with van der Waals surface area (Å²) in [5.41, 5.74) is 11.3. The van der Waals surface area contributed by atoms with Gasteiger partial charge in [-0.1, -0.05) is 52.0 Å². The number of pyridine rings is 1. The number of hydrogen-bond acceptors (Lipinski definition) is 11. The fraction of sp³-hybridized carbons (Fsp3) is 0.341. The summed E-state index contributed by atoms with van der Waals surface area (Å²) in [5.74, 6) is 1.99. The van der Waals surface area contributed by atoms with E-state index in [0.717, 1.165) is 31.1 Å². The van der Waals surface area contributed by atoms with Gasteiger partial charge in [0.15, 0.2) is 5.75 Å². The Kier molecular flexibility index (Phi) is 13.4. The van der Waals surface area contributed by atoms with Crippen LogP contribution in [0.4, 0.5) is 33.4 Å². The molecule has 2 heterocycles. The Balaban J connectivity index is 1.27. The number of fused-ring (bicyclic) bond motifs is 1. The van der Waals surface area contributed by atoms with Crippen LogP contribution in [0.25, 0.3) is 10.8 Å². The lowest BCUT2D eigenvalue weighted by Gasteiger charge is -2.29. The molecule has 1 aliphatic heterocycles. The van der Waals surface area contributed by atoms with Gasteiger partial charge in [0.2, 0.25) is 10.0 Å². The number of hydrogen-bond donors (Lipinski definition) is 5. The highest BCUT2D eigenvalue weighted by atomic mass is 32.2. The summed E-state index contributed by atoms with van der Waals surface area (Å²) in [6.45, 7) is 9.30. The first-order chi connectivity index (χ1) is 28.6. The molecule has 0 aliphatic carbocycles. The Morgan fingerprint density at radius 2 is 1.75 bits per heavy atom. The van der Waals surface area contributed by atoms with Crippen LogP contribution in [-0.2, 0) is 20.3 Å². The number of nitrogens with one attached hydrogen (secondary N) is 4. The largest absolute Gasteiger partial charge is 0.496 e. The van der Waals surface area contributed by atoms with Crippen molar-refractivity contribution < 1.29 is 37.1 Å². The van der Waals surface area contributed by atoms with Gasteiger partial charge in [-0.25, -0.2) is 23.7 Å². The third kappa shape index (κ3) is 10.2. The highest BCUT2D eigenvalue weighted by Gasteiger charge is 2.29. The van der Waals surface area contributed by atoms with Crippen molar-refractivity contribution in [1.29, 1.82) is 0 Å². The number of carbonyl (C=O) groups excluding carboxylic acids is 2. The molecule has 0 bridgehead atoms. The molecule has 1 saturated heterocycles. The summed E-state index contributed by atoms with van der Waals surface area (Å²) in [4.78, 5) is 38.1. The average molecular weight is 840 g/mol. The van der Waals surface area contributed by atoms with Gasteiger partial charge in [-0.05, 0) is 78.6 Å². The minimum Gasteiger partial charge on any atom is -0.496 e. The number of methoxy groups -OCH3 is 2. The fourth-order valence-corrected chi connectivity index (χ4v) is 7.84. The van der Waals surface area contributed by atoms with Crippen molar-refractivity contribution in [1.82, 2.24) is 15.8 Å². The molecule has 318 valence electrons. The molecule has 0 spiro atoms. The number of ether oxygens (including phenoxy) is 3. The van der Waals surface area contributed by atoms with Crippen molar-refractivity contribution in [3.05, 3.63) is 96.2 Å². The topological polar surface area (TPSA) is 195 Å². The van der Waals surface area contributed by atoms with E-state index in [1.54, 1.807) is 60.8 Å². The summed E-state index contributed by atoms with van der Waals surface area (Å²) in [7, 11) is -0.798. The Labute approximate surface area is 350 Å². The fourth-order valence-electron chi connectivity index (χ4n) is 7.28. The van der Waals surface area contributed by atoms with E-state index in [-0.39, 0.29) is 35.0 Å². The van der Waals surface area contributed by atoms with Gasteiger partial charge in [-0.15, -0.1) is 0 Å². The van der Waals surface area contributed by atoms with Crippen LogP contribution in [0.5, 0.6) is 23.0 Å². The van der Waals surface area contributed by atoms with E-state index in [1.165, 1.54) is 19.1 Å². The van der Waals surface area contributed by atoms with E-state index in [4.69, 9.17) is 24.8 Å². The summed E-state index contributed by atoms with van der Waals surface area (Å²) < 4.78 is 45.2. The molecule has 1 fully saturated rings. The molecule has 3 amide bonds. The molecule has 0 saturated carbocycles. The molecule has 0 radical (unpaired) electrons. The number of rotatable bonds is 14. The lowest BCUT2D eigenvalue weighted by atomic mass is 9.86. The molecule has 1 aromatic heterocycles. The van der Waals surface area contributed by atoms with E-state index in [1.807, 2.05) is 45.0 Å². The summed E-state index contributed by atoms with van der Waals surface area (Å²) in [6.07, 6.45) is 5.31. The maximum Gasteiger partial charge on any atom is 0.324 e. The minimum absolute atomic E-state index is 0.0231. The normalized spacial score (nSPS) is 15.0. The SMILES string of the molecule is CCC(NC(=O)c1ccc(Nc2cc(Oc3ccc(N(C(N)=O)c4cc(C(C)(C)C)cc(NS(C)(=O)=O)c4OC)c4ccccc34)ccn2)cc1OC)C1CCCONC1. The van der Waals surface area contributed by atoms with Crippen LogP contribution in [-0.4, -0.2) is 65.0 Å². The van der Waals surface area contributed by atoms with E-state index < -0.39 is 21.5 Å². The van der Waals surface area contributed by atoms with Crippen molar-refractivity contribution in [2.75, 3.05) is 48.6 Å². The Bertz CT molecular complexity index is 2470. The van der Waals surface area contributed by atoms with Gasteiger partial charge in [-0.3, -0.25) is 14.4 Å². The van der Waals surface area contributed by atoms with Crippen molar-refractivity contribution >= 4 is 61.3 Å². The van der Waals surface area contributed by atoms with Gasteiger partial charge in [0.25, 0.3) is 5.91 Å². The molecule has 60 heavy (non-hydrogen) atoms. The lowest BCUT2D eigenvalue weighted by molar-refractivity contribution is 0.0472. The molecule has 4 aromatic carbocycles. The molecule has 2 atom stereocenters. The van der Waals surface area contributed by atoms with E-state index in [2.05, 4.69) is 32.7 Å². The number of amides is 3. The maximum atomic E-state index is 13.5. The zero-order valence-electron chi connectivity index (χ0n) is 34.9. The predicted molar refractivity (Wildman–Crippen MR) is 235 cm³/mol. The monoisotopic (exact) mass is 839 g/mol. The standard InChI is InChI=1S/C44H53N7O8S/c1-8-34(27-12-11-21-58-47-26-27)49-42(52)33-16-15-29(24-39(33)56-5)48-40-25-30(19-20-46-40)59-38-18-17-36(31-13-9-10-14-32(31)38)51(43(45)53)37-23-28(44(2,3)4)22-35(41(37)57-6)50-60(7,54)55/h9-10,13-20,22-25,27,34,47,50H,8,11-12,21,26H2,1-7H3,(H2,45,53)(H,46,48)(H,49,52). The van der Waals surface area contributed by atoms with Crippen LogP contribution in [0.2, 0.25) is 0 Å². The molecule has 1 aliphatic rings. The number of urea groups is 1. The van der Waals surface area contributed by atoms with Gasteiger partial charge < -0.3 is 35.4 Å². The van der Waals surface area contributed by atoms with Crippen LogP contribution in [0.3, 0.4) is 0 Å². The van der Waals surface area contributed by atoms with Crippen LogP contribution >= 0.6 is 0 Å². The van der Waals surface area contributed by atoms with Gasteiger partial charge in [0.1, 0.15) is 23.1 Å². The number of benzene rings is 4. The molecular weight excluding hydrogens is 787 g/mol. The average Bonchev–Trinajstić information content (AvgIpc) is 3.49. The molecule has 6 rings (SSSR count). The second-order valence-electron chi connectivity index (χ2n) is 15.6. The third-order valence-electron chi connectivity index (χ3n) is 10.3. The minimum atomic E-state index is -3.72. The van der Waals surface area contributed by atoms with E-state index in [0.29, 0.717) is 63.9 Å². The second-order valence-corrected chi connectivity index (χ2v) is 17.4. The molecule has 15 nitrogen and oxygen atoms in total. The quantitative estimate of drug-likeness (QED) is 0.0725. The molecule has 2 unspecified atom stereocenters. The number of primary amides is 1. The van der Waals surface area contributed by atoms with Crippen LogP contribution in [0, 0.1) is 5.92 Å². The number of hydroxylamine groups is 1. The van der Waals surface area contributed by atoms with Crippen molar-refractivity contribution in [3.63, 3.8) is 0 Å². The first-order valence-electron chi connectivity index (χ1n) is 19.7. The van der Waals surface area contributed by atoms with Crippen molar-refractivity contribution in [3.8, 4) is 23.0 Å². The van der Waals surface area contributed by atoms with Gasteiger partial charge in [-0.2, -0.15) is 0 Å². The second kappa shape index (κ2) is 18.4. The first-order valence-corrected chi connectivity index (χ1v) is 21.5. The zero-order chi connectivity index (χ0) is 43.2. The van der Waals surface area contributed by atoms with Crippen LogP contribution < -0.4 is 45.7 Å². The predicted octanol–water partition coefficient (Wildman–Crippen LogP) is 8.11. The van der Waals surface area contributed by atoms with Gasteiger partial charge in [0.05, 0.1) is 49.7 Å². The highest BCUT2D eigenvalue weighted by molar-refractivity contribution is 7.92. The smallest absolute Gasteiger partial charge is 0.324 e. The highest BCUT2D eigenvalue weighted by Crippen LogP contribution is 2.46. The number of nitrogens with two attached hydrogens (primary N) is 1. The number of aromatic nitrogens is 1. The molecule has 5 aromatic rings. The van der Waals surface area contributed by atoms with Crippen LogP contribution in [0.15, 0.2) is 85.1 Å². The summed E-state index contributed by atoms with van der Waals surface area (Å²) in [6, 6.07) is 22.2. The van der Waals surface area contributed by atoms with Crippen molar-refractivity contribution in [2.45, 2.75) is 58.4 Å². The van der Waals surface area contributed by atoms with Gasteiger partial charge >= 0.3 is 6.03 Å². The number of carbonyl (C=O) groups is 2. The summed E-state index contributed by atoms with van der Waals surface area (Å²) >= 11 is 0. The summed E-state index contributed by atoms with van der Waals surface area (Å²) in [5, 5.41) is 7.77. The van der Waals surface area contributed by atoms with E-state index in [9.17, 15) is 18.0 Å². The lowest BCUT2D eigenvalue weighted by Crippen LogP contribution is -2.43. The van der Waals surface area contributed by atoms with Gasteiger partial charge in [0, 0.05) is 47.4 Å².